The van der Waals surface area contributed by atoms with Gasteiger partial charge in [0.1, 0.15) is 11.6 Å². The van der Waals surface area contributed by atoms with Gasteiger partial charge >= 0.3 is 0 Å². The largest absolute Gasteiger partial charge is 0.333 e. The minimum atomic E-state index is -0.625. The molecule has 0 saturated heterocycles. The van der Waals surface area contributed by atoms with E-state index in [9.17, 15) is 8.78 Å². The Hall–Kier alpha value is -3.42. The first-order valence-corrected chi connectivity index (χ1v) is 9.78. The van der Waals surface area contributed by atoms with Crippen molar-refractivity contribution >= 4 is 12.3 Å². The van der Waals surface area contributed by atoms with E-state index in [1.165, 1.54) is 0 Å². The van der Waals surface area contributed by atoms with Gasteiger partial charge in [0.2, 0.25) is 5.82 Å². The lowest BCUT2D eigenvalue weighted by Gasteiger charge is -2.15. The monoisotopic (exact) mass is 409 g/mol. The molecule has 2 aromatic heterocycles. The summed E-state index contributed by atoms with van der Waals surface area (Å²) in [6.45, 7) is 5.40. The van der Waals surface area contributed by atoms with Crippen LogP contribution in [0.25, 0.3) is 28.4 Å². The second kappa shape index (κ2) is 8.52. The first kappa shape index (κ1) is 19.9. The zero-order valence-corrected chi connectivity index (χ0v) is 16.6. The van der Waals surface area contributed by atoms with Crippen molar-refractivity contribution < 1.29 is 13.3 Å². The number of aliphatic imine (C=N–C) groups is 1. The molecule has 0 N–H and O–H groups in total. The summed E-state index contributed by atoms with van der Waals surface area (Å²) >= 11 is 0. The first-order valence-electron chi connectivity index (χ1n) is 9.78. The highest BCUT2D eigenvalue weighted by molar-refractivity contribution is 5.81. The van der Waals surface area contributed by atoms with Gasteiger partial charge in [-0.3, -0.25) is 9.67 Å². The topological polar surface area (TPSA) is 69.1 Å². The van der Waals surface area contributed by atoms with Crippen LogP contribution in [0.5, 0.6) is 0 Å². The van der Waals surface area contributed by atoms with Crippen LogP contribution in [-0.2, 0) is 0 Å². The van der Waals surface area contributed by atoms with E-state index in [1.54, 1.807) is 12.4 Å². The van der Waals surface area contributed by atoms with Crippen molar-refractivity contribution in [2.24, 2.45) is 4.99 Å². The van der Waals surface area contributed by atoms with Crippen molar-refractivity contribution in [3.8, 4) is 22.8 Å². The Bertz CT molecular complexity index is 1120. The maximum atomic E-state index is 14.1. The molecule has 1 aliphatic carbocycles. The zero-order valence-electron chi connectivity index (χ0n) is 16.6. The minimum absolute atomic E-state index is 0.0214. The van der Waals surface area contributed by atoms with E-state index >= 15 is 0 Å². The highest BCUT2D eigenvalue weighted by Crippen LogP contribution is 2.37. The fraction of sp³-hybridized carbons (Fsp3) is 0.273. The number of rotatable bonds is 6. The summed E-state index contributed by atoms with van der Waals surface area (Å²) < 4.78 is 35.1. The molecular weight excluding hydrogens is 388 g/mol. The summed E-state index contributed by atoms with van der Waals surface area (Å²) in [5.41, 5.74) is 2.26. The standard InChI is InChI=1S/C22H21F2N5O/c1-3-14(10-11-25-2)20-18(13-26-29(20)16-6-4-5-7-16)22-27-21(28-30-22)17-12-15(23)8-9-19(17)24/h3,8-13,16H,2,4-7H2,1H3. The van der Waals surface area contributed by atoms with Crippen LogP contribution in [0.3, 0.4) is 0 Å². The van der Waals surface area contributed by atoms with Crippen molar-refractivity contribution in [3.05, 3.63) is 60.1 Å². The third-order valence-corrected chi connectivity index (χ3v) is 5.24. The molecule has 8 heteroatoms. The van der Waals surface area contributed by atoms with E-state index in [4.69, 9.17) is 4.52 Å². The summed E-state index contributed by atoms with van der Waals surface area (Å²) in [6.07, 6.45) is 11.4. The molecule has 1 aliphatic rings. The van der Waals surface area contributed by atoms with Gasteiger partial charge in [0.05, 0.1) is 29.1 Å². The van der Waals surface area contributed by atoms with Gasteiger partial charge in [-0.2, -0.15) is 10.1 Å². The lowest BCUT2D eigenvalue weighted by molar-refractivity contribution is 0.431. The van der Waals surface area contributed by atoms with E-state index < -0.39 is 11.6 Å². The Kier molecular flexibility index (Phi) is 5.65. The molecule has 1 saturated carbocycles. The Morgan fingerprint density at radius 3 is 2.80 bits per heavy atom. The highest BCUT2D eigenvalue weighted by atomic mass is 19.1. The first-order chi connectivity index (χ1) is 14.6. The third-order valence-electron chi connectivity index (χ3n) is 5.24. The Morgan fingerprint density at radius 1 is 1.27 bits per heavy atom. The molecular formula is C22H21F2N5O. The van der Waals surface area contributed by atoms with Crippen LogP contribution in [-0.4, -0.2) is 26.6 Å². The lowest BCUT2D eigenvalue weighted by atomic mass is 10.1. The van der Waals surface area contributed by atoms with Gasteiger partial charge in [0, 0.05) is 6.20 Å². The number of allylic oxidation sites excluding steroid dienone is 3. The molecule has 0 unspecified atom stereocenters. The van der Waals surface area contributed by atoms with E-state index in [2.05, 4.69) is 26.9 Å². The Morgan fingerprint density at radius 2 is 2.07 bits per heavy atom. The van der Waals surface area contributed by atoms with E-state index in [1.807, 2.05) is 23.8 Å². The van der Waals surface area contributed by atoms with Crippen molar-refractivity contribution in [1.29, 1.82) is 0 Å². The maximum absolute atomic E-state index is 14.1. The average molecular weight is 409 g/mol. The highest BCUT2D eigenvalue weighted by Gasteiger charge is 2.26. The molecule has 1 fully saturated rings. The van der Waals surface area contributed by atoms with Gasteiger partial charge in [-0.25, -0.2) is 8.78 Å². The summed E-state index contributed by atoms with van der Waals surface area (Å²) in [5, 5.41) is 8.46. The van der Waals surface area contributed by atoms with Crippen LogP contribution in [0.15, 0.2) is 52.3 Å². The normalized spacial score (nSPS) is 15.4. The molecule has 1 aromatic carbocycles. The molecule has 0 bridgehead atoms. The van der Waals surface area contributed by atoms with Crippen molar-refractivity contribution in [3.63, 3.8) is 0 Å². The van der Waals surface area contributed by atoms with Crippen molar-refractivity contribution in [2.75, 3.05) is 0 Å². The molecule has 0 radical (unpaired) electrons. The number of hydrogen-bond donors (Lipinski definition) is 0. The minimum Gasteiger partial charge on any atom is -0.333 e. The van der Waals surface area contributed by atoms with E-state index in [-0.39, 0.29) is 23.3 Å². The molecule has 2 heterocycles. The van der Waals surface area contributed by atoms with E-state index in [0.717, 1.165) is 55.1 Å². The average Bonchev–Trinajstić information content (AvgIpc) is 3.50. The van der Waals surface area contributed by atoms with Crippen LogP contribution < -0.4 is 0 Å². The van der Waals surface area contributed by atoms with Crippen LogP contribution in [0, 0.1) is 11.6 Å². The number of aromatic nitrogens is 4. The van der Waals surface area contributed by atoms with Crippen LogP contribution in [0.1, 0.15) is 44.3 Å². The summed E-state index contributed by atoms with van der Waals surface area (Å²) in [6, 6.07) is 3.40. The number of nitrogens with zero attached hydrogens (tertiary/aromatic N) is 5. The number of hydrogen-bond acceptors (Lipinski definition) is 5. The molecule has 0 aliphatic heterocycles. The summed E-state index contributed by atoms with van der Waals surface area (Å²) in [7, 11) is 0. The van der Waals surface area contributed by atoms with Crippen molar-refractivity contribution in [2.45, 2.75) is 38.6 Å². The van der Waals surface area contributed by atoms with Crippen LogP contribution in [0.2, 0.25) is 0 Å². The molecule has 6 nitrogen and oxygen atoms in total. The molecule has 0 spiro atoms. The van der Waals surface area contributed by atoms with Crippen molar-refractivity contribution in [1.82, 2.24) is 19.9 Å². The van der Waals surface area contributed by atoms with Gasteiger partial charge in [-0.1, -0.05) is 24.1 Å². The van der Waals surface area contributed by atoms with Gasteiger partial charge in [-0.15, -0.1) is 0 Å². The molecule has 0 atom stereocenters. The van der Waals surface area contributed by atoms with E-state index in [0.29, 0.717) is 5.56 Å². The van der Waals surface area contributed by atoms with Gasteiger partial charge in [-0.05, 0) is 56.3 Å². The second-order valence-electron chi connectivity index (χ2n) is 7.08. The van der Waals surface area contributed by atoms with Gasteiger partial charge < -0.3 is 4.52 Å². The fourth-order valence-corrected chi connectivity index (χ4v) is 3.79. The SMILES string of the molecule is C=NC=CC(=CC)c1c(-c2nc(-c3cc(F)ccc3F)no2)cnn1C1CCCC1. The third kappa shape index (κ3) is 3.72. The predicted octanol–water partition coefficient (Wildman–Crippen LogP) is 5.61. The molecule has 4 rings (SSSR count). The van der Waals surface area contributed by atoms with Gasteiger partial charge in [0.25, 0.3) is 5.89 Å². The molecule has 154 valence electrons. The summed E-state index contributed by atoms with van der Waals surface area (Å²) in [5.74, 6) is -1.04. The van der Waals surface area contributed by atoms with Gasteiger partial charge in [0.15, 0.2) is 0 Å². The number of benzene rings is 1. The quantitative estimate of drug-likeness (QED) is 0.392. The fourth-order valence-electron chi connectivity index (χ4n) is 3.79. The maximum Gasteiger partial charge on any atom is 0.262 e. The summed E-state index contributed by atoms with van der Waals surface area (Å²) in [4.78, 5) is 8.12. The van der Waals surface area contributed by atoms with Crippen LogP contribution in [0.4, 0.5) is 8.78 Å². The second-order valence-corrected chi connectivity index (χ2v) is 7.08. The Balaban J connectivity index is 1.81. The molecule has 0 amide bonds. The predicted molar refractivity (Wildman–Crippen MR) is 111 cm³/mol. The Labute approximate surface area is 172 Å². The smallest absolute Gasteiger partial charge is 0.262 e. The van der Waals surface area contributed by atoms with Crippen LogP contribution >= 0.6 is 0 Å². The lowest BCUT2D eigenvalue weighted by Crippen LogP contribution is -2.10. The number of halogens is 2. The zero-order chi connectivity index (χ0) is 21.1. The molecule has 30 heavy (non-hydrogen) atoms. The molecule has 3 aromatic rings.